The molecule has 1 unspecified atom stereocenters. The van der Waals surface area contributed by atoms with Gasteiger partial charge in [0.05, 0.1) is 6.61 Å². The quantitative estimate of drug-likeness (QED) is 0.362. The monoisotopic (exact) mass is 541 g/mol. The second-order valence-corrected chi connectivity index (χ2v) is 8.93. The lowest BCUT2D eigenvalue weighted by molar-refractivity contribution is -0.274. The third-order valence-corrected chi connectivity index (χ3v) is 6.43. The number of nitrogens with zero attached hydrogens (tertiary/aromatic N) is 4. The molecule has 1 amide bonds. The Hall–Kier alpha value is -4.68. The molecular weight excluding hydrogens is 519 g/mol. The van der Waals surface area contributed by atoms with Gasteiger partial charge in [0.1, 0.15) is 22.7 Å². The molecule has 13 heteroatoms. The summed E-state index contributed by atoms with van der Waals surface area (Å²) in [6, 6.07) is 12.4. The van der Waals surface area contributed by atoms with Crippen molar-refractivity contribution >= 4 is 18.0 Å². The molecule has 1 atom stereocenters. The number of carboxylic acid groups (broad SMARTS) is 1. The molecule has 2 N–H and O–H groups in total. The normalized spacial score (nSPS) is 18.2. The summed E-state index contributed by atoms with van der Waals surface area (Å²) in [6.45, 7) is 0.0122. The summed E-state index contributed by atoms with van der Waals surface area (Å²) < 4.78 is 49.5. The average Bonchev–Trinajstić information content (AvgIpc) is 3.66. The number of rotatable bonds is 5. The fourth-order valence-electron chi connectivity index (χ4n) is 4.65. The van der Waals surface area contributed by atoms with Gasteiger partial charge in [-0.15, -0.1) is 13.2 Å². The van der Waals surface area contributed by atoms with Crippen LogP contribution in [0.2, 0.25) is 0 Å². The molecule has 1 saturated carbocycles. The summed E-state index contributed by atoms with van der Waals surface area (Å²) in [6.07, 6.45) is 0.918. The lowest BCUT2D eigenvalue weighted by Crippen LogP contribution is -2.50. The van der Waals surface area contributed by atoms with Crippen LogP contribution in [0.25, 0.3) is 5.65 Å². The number of halogens is 3. The van der Waals surface area contributed by atoms with E-state index in [1.54, 1.807) is 35.1 Å². The van der Waals surface area contributed by atoms with E-state index in [9.17, 15) is 18.0 Å². The van der Waals surface area contributed by atoms with Crippen LogP contribution in [0.1, 0.15) is 52.6 Å². The zero-order valence-electron chi connectivity index (χ0n) is 20.3. The molecule has 0 spiro atoms. The van der Waals surface area contributed by atoms with Crippen molar-refractivity contribution in [2.75, 3.05) is 6.61 Å². The van der Waals surface area contributed by atoms with E-state index in [4.69, 9.17) is 14.6 Å². The zero-order chi connectivity index (χ0) is 27.6. The highest BCUT2D eigenvalue weighted by molar-refractivity contribution is 5.94. The maximum Gasteiger partial charge on any atom is 0.573 e. The molecule has 2 aliphatic rings. The summed E-state index contributed by atoms with van der Waals surface area (Å²) in [5.41, 5.74) is 1.58. The maximum absolute atomic E-state index is 13.6. The summed E-state index contributed by atoms with van der Waals surface area (Å²) in [5, 5.41) is 14.5. The Morgan fingerprint density at radius 1 is 1.15 bits per heavy atom. The van der Waals surface area contributed by atoms with E-state index in [0.717, 1.165) is 18.5 Å². The molecule has 39 heavy (non-hydrogen) atoms. The average molecular weight is 541 g/mol. The van der Waals surface area contributed by atoms with Gasteiger partial charge in [-0.3, -0.25) is 14.6 Å². The topological polar surface area (TPSA) is 128 Å². The van der Waals surface area contributed by atoms with Gasteiger partial charge in [-0.1, -0.05) is 12.1 Å². The van der Waals surface area contributed by atoms with E-state index in [2.05, 4.69) is 25.1 Å². The number of amides is 1. The molecule has 0 radical (unpaired) electrons. The number of ether oxygens (including phenoxy) is 2. The van der Waals surface area contributed by atoms with Gasteiger partial charge < -0.3 is 19.9 Å². The van der Waals surface area contributed by atoms with E-state index < -0.39 is 17.8 Å². The first-order valence-corrected chi connectivity index (χ1v) is 11.9. The first-order chi connectivity index (χ1) is 18.7. The van der Waals surface area contributed by atoms with Crippen LogP contribution in [0.15, 0.2) is 60.9 Å². The molecule has 4 aromatic rings. The highest BCUT2D eigenvalue weighted by Gasteiger charge is 2.43. The van der Waals surface area contributed by atoms with E-state index in [1.807, 2.05) is 6.07 Å². The number of hydrogen-bond donors (Lipinski definition) is 2. The number of alkyl halides is 3. The fraction of sp³-hybridized carbons (Fsp3) is 0.269. The predicted octanol–water partition coefficient (Wildman–Crippen LogP) is 4.06. The first-order valence-electron chi connectivity index (χ1n) is 11.9. The lowest BCUT2D eigenvalue weighted by atomic mass is 9.81. The molecule has 4 heterocycles. The van der Waals surface area contributed by atoms with Crippen molar-refractivity contribution in [1.29, 1.82) is 0 Å². The molecule has 10 nitrogen and oxygen atoms in total. The molecule has 0 bridgehead atoms. The summed E-state index contributed by atoms with van der Waals surface area (Å²) in [7, 11) is 0. The molecule has 1 fully saturated rings. The van der Waals surface area contributed by atoms with Gasteiger partial charge in [0.25, 0.3) is 12.4 Å². The molecular formula is C26H22F3N5O5. The number of nitrogens with one attached hydrogen (secondary N) is 1. The highest BCUT2D eigenvalue weighted by atomic mass is 19.4. The van der Waals surface area contributed by atoms with Crippen LogP contribution in [0, 0.1) is 0 Å². The number of benzene rings is 1. The van der Waals surface area contributed by atoms with Crippen molar-refractivity contribution in [3.8, 4) is 11.5 Å². The van der Waals surface area contributed by atoms with Crippen LogP contribution >= 0.6 is 0 Å². The Morgan fingerprint density at radius 3 is 2.59 bits per heavy atom. The molecule has 1 aliphatic carbocycles. The largest absolute Gasteiger partial charge is 0.573 e. The van der Waals surface area contributed by atoms with Crippen LogP contribution in [0.4, 0.5) is 13.2 Å². The summed E-state index contributed by atoms with van der Waals surface area (Å²) >= 11 is 0. The van der Waals surface area contributed by atoms with Crippen LogP contribution in [0.5, 0.6) is 11.5 Å². The van der Waals surface area contributed by atoms with Gasteiger partial charge in [-0.25, -0.2) is 9.50 Å². The molecule has 1 aromatic carbocycles. The Labute approximate surface area is 219 Å². The van der Waals surface area contributed by atoms with Crippen LogP contribution in [0.3, 0.4) is 0 Å². The number of fused-ring (bicyclic) bond motifs is 2. The Morgan fingerprint density at radius 2 is 1.90 bits per heavy atom. The standard InChI is InChI=1S/C25H20F3N5O3.CH2O2/c26-25(27,28)36-17-7-5-16(6-8-17)24(10-13-35-20-2-1-11-30-22(20)24)31-23(34)18-14-21-29-12-9-19(15-3-4-15)33(21)32-18;2-1-3/h1-2,5-9,11-12,14-15H,3-4,10,13H2,(H,31,34);1H,(H,2,3). The van der Waals surface area contributed by atoms with Crippen molar-refractivity contribution in [3.63, 3.8) is 0 Å². The van der Waals surface area contributed by atoms with Gasteiger partial charge in [0, 0.05) is 36.5 Å². The third-order valence-electron chi connectivity index (χ3n) is 6.43. The van der Waals surface area contributed by atoms with Crippen molar-refractivity contribution in [3.05, 3.63) is 83.6 Å². The smallest absolute Gasteiger partial charge is 0.491 e. The van der Waals surface area contributed by atoms with Gasteiger partial charge in [-0.05, 0) is 48.7 Å². The number of carbonyl (C=O) groups excluding carboxylic acids is 1. The molecule has 202 valence electrons. The van der Waals surface area contributed by atoms with E-state index >= 15 is 0 Å². The molecule has 1 aliphatic heterocycles. The number of pyridine rings is 1. The SMILES string of the molecule is O=C(NC1(c2ccc(OC(F)(F)F)cc2)CCOc2cccnc21)c1cc2nccc(C3CC3)n2n1.O=CO. The van der Waals surface area contributed by atoms with E-state index in [-0.39, 0.29) is 24.5 Å². The minimum atomic E-state index is -4.81. The van der Waals surface area contributed by atoms with E-state index in [0.29, 0.717) is 35.0 Å². The minimum Gasteiger partial charge on any atom is -0.491 e. The van der Waals surface area contributed by atoms with Gasteiger partial charge in [0.2, 0.25) is 0 Å². The highest BCUT2D eigenvalue weighted by Crippen LogP contribution is 2.42. The summed E-state index contributed by atoms with van der Waals surface area (Å²) in [5.74, 6) is 0.0606. The summed E-state index contributed by atoms with van der Waals surface area (Å²) in [4.78, 5) is 30.7. The van der Waals surface area contributed by atoms with Crippen LogP contribution < -0.4 is 14.8 Å². The number of hydrogen-bond acceptors (Lipinski definition) is 7. The van der Waals surface area contributed by atoms with Gasteiger partial charge >= 0.3 is 6.36 Å². The van der Waals surface area contributed by atoms with Crippen molar-refractivity contribution in [2.24, 2.45) is 0 Å². The van der Waals surface area contributed by atoms with Crippen molar-refractivity contribution in [1.82, 2.24) is 24.9 Å². The van der Waals surface area contributed by atoms with Gasteiger partial charge in [-0.2, -0.15) is 5.10 Å². The van der Waals surface area contributed by atoms with Crippen LogP contribution in [-0.4, -0.2) is 50.0 Å². The Kier molecular flexibility index (Phi) is 6.81. The fourth-order valence-corrected chi connectivity index (χ4v) is 4.65. The lowest BCUT2D eigenvalue weighted by Gasteiger charge is -2.38. The molecule has 3 aromatic heterocycles. The molecule has 6 rings (SSSR count). The third kappa shape index (κ3) is 5.33. The Balaban J connectivity index is 0.000000983. The number of carbonyl (C=O) groups is 2. The number of aromatic nitrogens is 4. The second-order valence-electron chi connectivity index (χ2n) is 8.93. The van der Waals surface area contributed by atoms with Gasteiger partial charge in [0.15, 0.2) is 11.3 Å². The predicted molar refractivity (Wildman–Crippen MR) is 129 cm³/mol. The zero-order valence-corrected chi connectivity index (χ0v) is 20.3. The Bertz CT molecular complexity index is 1500. The van der Waals surface area contributed by atoms with Crippen LogP contribution in [-0.2, 0) is 10.3 Å². The van der Waals surface area contributed by atoms with Crippen molar-refractivity contribution < 1.29 is 37.3 Å². The van der Waals surface area contributed by atoms with E-state index in [1.165, 1.54) is 24.3 Å². The first kappa shape index (κ1) is 25.9. The minimum absolute atomic E-state index is 0.177. The molecule has 0 saturated heterocycles. The second kappa shape index (κ2) is 10.2. The van der Waals surface area contributed by atoms with Crippen molar-refractivity contribution in [2.45, 2.75) is 37.1 Å². The maximum atomic E-state index is 13.6.